The Morgan fingerprint density at radius 3 is 2.45 bits per heavy atom. The van der Waals surface area contributed by atoms with Crippen molar-refractivity contribution in [1.29, 1.82) is 0 Å². The van der Waals surface area contributed by atoms with Gasteiger partial charge in [-0.2, -0.15) is 0 Å². The molecule has 0 aromatic heterocycles. The van der Waals surface area contributed by atoms with E-state index >= 15 is 0 Å². The van der Waals surface area contributed by atoms with Crippen LogP contribution in [0.25, 0.3) is 0 Å². The molecule has 1 N–H and O–H groups in total. The first kappa shape index (κ1) is 17.9. The van der Waals surface area contributed by atoms with Crippen LogP contribution in [0, 0.1) is 5.92 Å². The van der Waals surface area contributed by atoms with Gasteiger partial charge in [0.05, 0.1) is 12.7 Å². The second kappa shape index (κ2) is 9.75. The van der Waals surface area contributed by atoms with Crippen molar-refractivity contribution in [3.8, 4) is 0 Å². The third-order valence-corrected chi connectivity index (χ3v) is 4.70. The van der Waals surface area contributed by atoms with E-state index in [-0.39, 0.29) is 0 Å². The maximum absolute atomic E-state index is 6.10. The predicted octanol–water partition coefficient (Wildman–Crippen LogP) is 3.29. The maximum Gasteiger partial charge on any atom is 0.0855 e. The van der Waals surface area contributed by atoms with Crippen molar-refractivity contribution >= 4 is 0 Å². The van der Waals surface area contributed by atoms with Crippen LogP contribution in [-0.4, -0.2) is 49.3 Å². The second-order valence-corrected chi connectivity index (χ2v) is 6.48. The highest BCUT2D eigenvalue weighted by atomic mass is 16.5. The van der Waals surface area contributed by atoms with Gasteiger partial charge < -0.3 is 10.1 Å². The van der Waals surface area contributed by atoms with E-state index in [0.29, 0.717) is 18.2 Å². The summed E-state index contributed by atoms with van der Waals surface area (Å²) >= 11 is 0. The zero-order chi connectivity index (χ0) is 15.0. The fourth-order valence-electron chi connectivity index (χ4n) is 3.09. The minimum Gasteiger partial charge on any atom is -0.374 e. The van der Waals surface area contributed by atoms with Gasteiger partial charge in [-0.25, -0.2) is 0 Å². The lowest BCUT2D eigenvalue weighted by atomic mass is 9.91. The maximum atomic E-state index is 6.10. The van der Waals surface area contributed by atoms with E-state index in [2.05, 4.69) is 44.8 Å². The molecule has 3 nitrogen and oxygen atoms in total. The van der Waals surface area contributed by atoms with Gasteiger partial charge in [-0.15, -0.1) is 0 Å². The molecular weight excluding hydrogens is 248 g/mol. The molecule has 20 heavy (non-hydrogen) atoms. The fourth-order valence-corrected chi connectivity index (χ4v) is 3.09. The topological polar surface area (TPSA) is 24.5 Å². The van der Waals surface area contributed by atoms with Crippen molar-refractivity contribution in [1.82, 2.24) is 10.2 Å². The Morgan fingerprint density at radius 1 is 1.20 bits per heavy atom. The zero-order valence-corrected chi connectivity index (χ0v) is 14.3. The quantitative estimate of drug-likeness (QED) is 0.703. The average Bonchev–Trinajstić information content (AvgIpc) is 2.47. The molecule has 1 fully saturated rings. The Balaban J connectivity index is 2.60. The molecule has 0 aromatic rings. The van der Waals surface area contributed by atoms with Crippen molar-refractivity contribution in [2.45, 2.75) is 78.5 Å². The van der Waals surface area contributed by atoms with Crippen molar-refractivity contribution < 1.29 is 4.74 Å². The number of hydrogen-bond donors (Lipinski definition) is 1. The molecule has 2 atom stereocenters. The largest absolute Gasteiger partial charge is 0.374 e. The van der Waals surface area contributed by atoms with Crippen molar-refractivity contribution in [3.63, 3.8) is 0 Å². The van der Waals surface area contributed by atoms with Gasteiger partial charge >= 0.3 is 0 Å². The summed E-state index contributed by atoms with van der Waals surface area (Å²) in [5, 5.41) is 3.75. The number of ether oxygens (including phenoxy) is 1. The zero-order valence-electron chi connectivity index (χ0n) is 14.3. The van der Waals surface area contributed by atoms with E-state index in [1.54, 1.807) is 0 Å². The van der Waals surface area contributed by atoms with Crippen LogP contribution in [0.2, 0.25) is 0 Å². The molecule has 2 unspecified atom stereocenters. The minimum absolute atomic E-state index is 0.360. The van der Waals surface area contributed by atoms with Crippen LogP contribution in [-0.2, 0) is 4.74 Å². The van der Waals surface area contributed by atoms with Crippen molar-refractivity contribution in [2.24, 2.45) is 5.92 Å². The Hall–Kier alpha value is -0.120. The molecule has 0 amide bonds. The van der Waals surface area contributed by atoms with Crippen LogP contribution >= 0.6 is 0 Å². The standard InChI is InChI=1S/C17H36N2O/c1-6-9-18-16(12-15(7-2)8-3)17-13-19(14(4)5)10-11-20-17/h14-18H,6-13H2,1-5H3. The summed E-state index contributed by atoms with van der Waals surface area (Å²) in [6.45, 7) is 15.6. The van der Waals surface area contributed by atoms with Crippen LogP contribution in [0.5, 0.6) is 0 Å². The Labute approximate surface area is 126 Å². The summed E-state index contributed by atoms with van der Waals surface area (Å²) in [5.74, 6) is 0.822. The third-order valence-electron chi connectivity index (χ3n) is 4.70. The minimum atomic E-state index is 0.360. The summed E-state index contributed by atoms with van der Waals surface area (Å²) in [7, 11) is 0. The van der Waals surface area contributed by atoms with Crippen LogP contribution in [0.3, 0.4) is 0 Å². The van der Waals surface area contributed by atoms with E-state index in [4.69, 9.17) is 4.74 Å². The summed E-state index contributed by atoms with van der Waals surface area (Å²) in [6, 6.07) is 1.14. The van der Waals surface area contributed by atoms with E-state index in [1.165, 1.54) is 25.7 Å². The number of hydrogen-bond acceptors (Lipinski definition) is 3. The highest BCUT2D eigenvalue weighted by molar-refractivity contribution is 4.85. The van der Waals surface area contributed by atoms with Gasteiger partial charge in [0.2, 0.25) is 0 Å². The Kier molecular flexibility index (Phi) is 8.74. The van der Waals surface area contributed by atoms with Crippen LogP contribution < -0.4 is 5.32 Å². The third kappa shape index (κ3) is 5.71. The van der Waals surface area contributed by atoms with Gasteiger partial charge in [0.1, 0.15) is 0 Å². The smallest absolute Gasteiger partial charge is 0.0855 e. The molecular formula is C17H36N2O. The van der Waals surface area contributed by atoms with E-state index < -0.39 is 0 Å². The van der Waals surface area contributed by atoms with Gasteiger partial charge in [-0.1, -0.05) is 33.6 Å². The molecule has 1 saturated heterocycles. The molecule has 1 aliphatic rings. The SMILES string of the molecule is CCCNC(CC(CC)CC)C1CN(C(C)C)CCO1. The van der Waals surface area contributed by atoms with Gasteiger partial charge in [0.15, 0.2) is 0 Å². The molecule has 1 rings (SSSR count). The normalized spacial score (nSPS) is 22.6. The predicted molar refractivity (Wildman–Crippen MR) is 87.2 cm³/mol. The van der Waals surface area contributed by atoms with Crippen molar-refractivity contribution in [3.05, 3.63) is 0 Å². The summed E-state index contributed by atoms with van der Waals surface area (Å²) in [6.07, 6.45) is 5.37. The van der Waals surface area contributed by atoms with E-state index in [0.717, 1.165) is 32.2 Å². The highest BCUT2D eigenvalue weighted by Gasteiger charge is 2.29. The highest BCUT2D eigenvalue weighted by Crippen LogP contribution is 2.21. The molecule has 0 bridgehead atoms. The number of nitrogens with zero attached hydrogens (tertiary/aromatic N) is 1. The average molecular weight is 284 g/mol. The van der Waals surface area contributed by atoms with Crippen molar-refractivity contribution in [2.75, 3.05) is 26.2 Å². The molecule has 0 radical (unpaired) electrons. The molecule has 0 spiro atoms. The van der Waals surface area contributed by atoms with Gasteiger partial charge in [-0.05, 0) is 39.2 Å². The van der Waals surface area contributed by atoms with Crippen LogP contribution in [0.4, 0.5) is 0 Å². The van der Waals surface area contributed by atoms with Gasteiger partial charge in [0.25, 0.3) is 0 Å². The van der Waals surface area contributed by atoms with Crippen LogP contribution in [0.15, 0.2) is 0 Å². The van der Waals surface area contributed by atoms with E-state index in [1.807, 2.05) is 0 Å². The summed E-state index contributed by atoms with van der Waals surface area (Å²) in [5.41, 5.74) is 0. The fraction of sp³-hybridized carbons (Fsp3) is 1.00. The number of nitrogens with one attached hydrogen (secondary N) is 1. The lowest BCUT2D eigenvalue weighted by Gasteiger charge is -2.40. The lowest BCUT2D eigenvalue weighted by Crippen LogP contribution is -2.54. The van der Waals surface area contributed by atoms with Crippen LogP contribution in [0.1, 0.15) is 60.3 Å². The van der Waals surface area contributed by atoms with Gasteiger partial charge in [0, 0.05) is 25.2 Å². The summed E-state index contributed by atoms with van der Waals surface area (Å²) in [4.78, 5) is 2.56. The summed E-state index contributed by atoms with van der Waals surface area (Å²) < 4.78 is 6.10. The lowest BCUT2D eigenvalue weighted by molar-refractivity contribution is -0.0588. The number of morpholine rings is 1. The number of rotatable bonds is 9. The molecule has 3 heteroatoms. The Bertz CT molecular complexity index is 241. The first-order valence-corrected chi connectivity index (χ1v) is 8.71. The molecule has 1 aliphatic heterocycles. The molecule has 0 saturated carbocycles. The van der Waals surface area contributed by atoms with E-state index in [9.17, 15) is 0 Å². The first-order chi connectivity index (χ1) is 9.62. The first-order valence-electron chi connectivity index (χ1n) is 8.71. The molecule has 0 aromatic carbocycles. The molecule has 0 aliphatic carbocycles. The second-order valence-electron chi connectivity index (χ2n) is 6.48. The molecule has 1 heterocycles. The Morgan fingerprint density at radius 2 is 1.90 bits per heavy atom. The monoisotopic (exact) mass is 284 g/mol. The molecule has 120 valence electrons. The van der Waals surface area contributed by atoms with Gasteiger partial charge in [-0.3, -0.25) is 4.90 Å².